The summed E-state index contributed by atoms with van der Waals surface area (Å²) in [5.74, 6) is -2.65. The smallest absolute Gasteiger partial charge is 0.325 e. The Morgan fingerprint density at radius 3 is 2.42 bits per heavy atom. The van der Waals surface area contributed by atoms with E-state index in [1.807, 2.05) is 36.9 Å². The number of hydrogen-bond donors (Lipinski definition) is 0. The number of halogens is 3. The molecule has 1 aromatic heterocycles. The van der Waals surface area contributed by atoms with Gasteiger partial charge in [-0.25, -0.2) is 18.0 Å². The number of piperidine rings is 1. The highest BCUT2D eigenvalue weighted by molar-refractivity contribution is 5.95. The summed E-state index contributed by atoms with van der Waals surface area (Å²) in [7, 11) is 0. The van der Waals surface area contributed by atoms with Crippen LogP contribution in [0.25, 0.3) is 0 Å². The zero-order chi connectivity index (χ0) is 28.2. The summed E-state index contributed by atoms with van der Waals surface area (Å²) >= 11 is 0. The summed E-state index contributed by atoms with van der Waals surface area (Å²) < 4.78 is 43.9. The van der Waals surface area contributed by atoms with Crippen LogP contribution < -0.4 is 9.80 Å². The molecule has 9 heteroatoms. The van der Waals surface area contributed by atoms with Gasteiger partial charge in [-0.2, -0.15) is 5.10 Å². The van der Waals surface area contributed by atoms with E-state index in [9.17, 15) is 18.0 Å². The van der Waals surface area contributed by atoms with Crippen molar-refractivity contribution in [1.29, 1.82) is 0 Å². The van der Waals surface area contributed by atoms with Crippen LogP contribution in [0, 0.1) is 12.7 Å². The average Bonchev–Trinajstić information content (AvgIpc) is 3.66. The van der Waals surface area contributed by atoms with Crippen LogP contribution in [0.1, 0.15) is 73.9 Å². The van der Waals surface area contributed by atoms with Crippen LogP contribution in [0.15, 0.2) is 48.7 Å². The normalized spacial score (nSPS) is 20.3. The highest BCUT2D eigenvalue weighted by atomic mass is 19.3. The molecule has 1 aliphatic carbocycles. The molecule has 0 bridgehead atoms. The topological polar surface area (TPSA) is 44.6 Å². The first-order valence-electron chi connectivity index (χ1n) is 14.2. The van der Waals surface area contributed by atoms with Crippen LogP contribution in [0.4, 0.5) is 29.3 Å². The molecule has 6 rings (SSSR count). The molecule has 40 heavy (non-hydrogen) atoms. The number of anilines is 2. The van der Waals surface area contributed by atoms with Gasteiger partial charge in [0, 0.05) is 32.3 Å². The van der Waals surface area contributed by atoms with Crippen molar-refractivity contribution < 1.29 is 18.0 Å². The highest BCUT2D eigenvalue weighted by Crippen LogP contribution is 2.44. The molecule has 1 unspecified atom stereocenters. The Labute approximate surface area is 233 Å². The van der Waals surface area contributed by atoms with Crippen LogP contribution in [0.2, 0.25) is 0 Å². The van der Waals surface area contributed by atoms with E-state index >= 15 is 0 Å². The van der Waals surface area contributed by atoms with Gasteiger partial charge >= 0.3 is 6.03 Å². The van der Waals surface area contributed by atoms with Crippen molar-refractivity contribution in [3.8, 4) is 0 Å². The predicted molar refractivity (Wildman–Crippen MR) is 149 cm³/mol. The first-order valence-corrected chi connectivity index (χ1v) is 14.2. The fourth-order valence-corrected chi connectivity index (χ4v) is 6.49. The molecule has 3 aromatic rings. The van der Waals surface area contributed by atoms with Gasteiger partial charge in [-0.05, 0) is 68.2 Å². The number of rotatable bonds is 7. The lowest BCUT2D eigenvalue weighted by Crippen LogP contribution is -2.55. The van der Waals surface area contributed by atoms with E-state index in [2.05, 4.69) is 22.1 Å². The molecule has 0 radical (unpaired) electrons. The third-order valence-electron chi connectivity index (χ3n) is 8.53. The lowest BCUT2D eigenvalue weighted by Gasteiger charge is -2.46. The molecule has 2 fully saturated rings. The van der Waals surface area contributed by atoms with Crippen LogP contribution in [-0.2, 0) is 13.1 Å². The molecule has 2 aliphatic heterocycles. The lowest BCUT2D eigenvalue weighted by atomic mass is 9.97. The maximum atomic E-state index is 14.7. The average molecular weight is 552 g/mol. The number of nitrogens with zero attached hydrogens (tertiary/aromatic N) is 5. The summed E-state index contributed by atoms with van der Waals surface area (Å²) in [6, 6.07) is 12.8. The standard InChI is InChI=1S/C31H36F3N5O/c1-20-7-6-10-26(32)29(20)36-15-13-24(14-16-36)39-21(2)28-27(18-37(35-28)19-31(3,33)34)38(30(39)40)17-23-8-4-5-9-25(23)22-11-12-22/h4-10,18,21-22,24H,11-17,19H2,1-3H3. The summed E-state index contributed by atoms with van der Waals surface area (Å²) in [6.07, 6.45) is 5.24. The molecular formula is C31H36F3N5O. The van der Waals surface area contributed by atoms with E-state index in [1.54, 1.807) is 17.2 Å². The molecule has 3 aliphatic rings. The van der Waals surface area contributed by atoms with Gasteiger partial charge in [-0.1, -0.05) is 36.4 Å². The molecule has 1 saturated heterocycles. The molecule has 0 N–H and O–H groups in total. The van der Waals surface area contributed by atoms with Crippen molar-refractivity contribution >= 4 is 17.4 Å². The third-order valence-corrected chi connectivity index (χ3v) is 8.53. The maximum Gasteiger partial charge on any atom is 0.325 e. The molecular weight excluding hydrogens is 515 g/mol. The van der Waals surface area contributed by atoms with E-state index in [1.165, 1.54) is 16.3 Å². The Balaban J connectivity index is 1.30. The Kier molecular flexibility index (Phi) is 6.79. The van der Waals surface area contributed by atoms with Crippen LogP contribution in [0.3, 0.4) is 0 Å². The molecule has 1 saturated carbocycles. The minimum atomic E-state index is -2.93. The number of aryl methyl sites for hydroxylation is 1. The first kappa shape index (κ1) is 26.7. The zero-order valence-corrected chi connectivity index (χ0v) is 23.3. The van der Waals surface area contributed by atoms with Gasteiger partial charge in [0.1, 0.15) is 18.1 Å². The van der Waals surface area contributed by atoms with Crippen molar-refractivity contribution in [2.75, 3.05) is 22.9 Å². The second kappa shape index (κ2) is 10.2. The van der Waals surface area contributed by atoms with Gasteiger partial charge in [-0.3, -0.25) is 9.58 Å². The Morgan fingerprint density at radius 1 is 1.02 bits per heavy atom. The summed E-state index contributed by atoms with van der Waals surface area (Å²) in [5, 5.41) is 4.59. The molecule has 3 heterocycles. The first-order chi connectivity index (χ1) is 19.1. The fraction of sp³-hybridized carbons (Fsp3) is 0.484. The minimum absolute atomic E-state index is 0.0714. The zero-order valence-electron chi connectivity index (χ0n) is 23.3. The number of alkyl halides is 2. The van der Waals surface area contributed by atoms with Gasteiger partial charge < -0.3 is 9.80 Å². The number of carbonyl (C=O) groups is 1. The number of fused-ring (bicyclic) bond motifs is 1. The van der Waals surface area contributed by atoms with E-state index < -0.39 is 12.5 Å². The SMILES string of the molecule is Cc1cccc(F)c1N1CCC(N2C(=O)N(Cc3ccccc3C3CC3)c3cn(CC(C)(F)F)nc3C2C)CC1. The van der Waals surface area contributed by atoms with Crippen LogP contribution in [-0.4, -0.2) is 45.8 Å². The van der Waals surface area contributed by atoms with Crippen molar-refractivity contribution in [2.45, 2.75) is 83.5 Å². The number of hydrogen-bond acceptors (Lipinski definition) is 3. The summed E-state index contributed by atoms with van der Waals surface area (Å²) in [6.45, 7) is 5.78. The molecule has 6 nitrogen and oxygen atoms in total. The van der Waals surface area contributed by atoms with Gasteiger partial charge in [0.25, 0.3) is 5.92 Å². The van der Waals surface area contributed by atoms with E-state index in [0.29, 0.717) is 55.5 Å². The molecule has 0 spiro atoms. The van der Waals surface area contributed by atoms with Gasteiger partial charge in [0.15, 0.2) is 0 Å². The third kappa shape index (κ3) is 5.06. The highest BCUT2D eigenvalue weighted by Gasteiger charge is 2.43. The predicted octanol–water partition coefficient (Wildman–Crippen LogP) is 7.04. The van der Waals surface area contributed by atoms with Crippen LogP contribution >= 0.6 is 0 Å². The monoisotopic (exact) mass is 551 g/mol. The van der Waals surface area contributed by atoms with Crippen molar-refractivity contribution in [3.05, 3.63) is 76.9 Å². The molecule has 1 atom stereocenters. The van der Waals surface area contributed by atoms with E-state index in [4.69, 9.17) is 0 Å². The van der Waals surface area contributed by atoms with Gasteiger partial charge in [0.05, 0.1) is 24.0 Å². The fourth-order valence-electron chi connectivity index (χ4n) is 6.49. The van der Waals surface area contributed by atoms with E-state index in [-0.39, 0.29) is 23.9 Å². The van der Waals surface area contributed by atoms with Crippen molar-refractivity contribution in [2.24, 2.45) is 0 Å². The number of para-hydroxylation sites is 1. The van der Waals surface area contributed by atoms with Crippen molar-refractivity contribution in [1.82, 2.24) is 14.7 Å². The van der Waals surface area contributed by atoms with Crippen LogP contribution in [0.5, 0.6) is 0 Å². The molecule has 2 aromatic carbocycles. The Hall–Kier alpha value is -3.49. The quantitative estimate of drug-likeness (QED) is 0.317. The second-order valence-corrected chi connectivity index (χ2v) is 11.7. The number of urea groups is 1. The summed E-state index contributed by atoms with van der Waals surface area (Å²) in [4.78, 5) is 19.9. The van der Waals surface area contributed by atoms with Gasteiger partial charge in [-0.15, -0.1) is 0 Å². The largest absolute Gasteiger partial charge is 0.369 e. The number of amides is 2. The number of benzene rings is 2. The minimum Gasteiger partial charge on any atom is -0.369 e. The van der Waals surface area contributed by atoms with Gasteiger partial charge in [0.2, 0.25) is 0 Å². The molecule has 2 amide bonds. The second-order valence-electron chi connectivity index (χ2n) is 11.7. The Morgan fingerprint density at radius 2 is 1.75 bits per heavy atom. The number of aromatic nitrogens is 2. The van der Waals surface area contributed by atoms with E-state index in [0.717, 1.165) is 30.9 Å². The maximum absolute atomic E-state index is 14.7. The molecule has 212 valence electrons. The number of carbonyl (C=O) groups excluding carboxylic acids is 1. The van der Waals surface area contributed by atoms with Crippen molar-refractivity contribution in [3.63, 3.8) is 0 Å². The Bertz CT molecular complexity index is 1380. The summed E-state index contributed by atoms with van der Waals surface area (Å²) in [5.41, 5.74) is 5.09. The lowest BCUT2D eigenvalue weighted by molar-refractivity contribution is 0.000360.